The summed E-state index contributed by atoms with van der Waals surface area (Å²) in [5.41, 5.74) is 0.840. The van der Waals surface area contributed by atoms with E-state index >= 15 is 0 Å². The highest BCUT2D eigenvalue weighted by atomic mass is 32.2. The van der Waals surface area contributed by atoms with E-state index in [4.69, 9.17) is 5.14 Å². The second-order valence-electron chi connectivity index (χ2n) is 4.32. The smallest absolute Gasteiger partial charge is 0.273 e. The predicted octanol–water partition coefficient (Wildman–Crippen LogP) is 0.927. The van der Waals surface area contributed by atoms with Crippen LogP contribution in [0.15, 0.2) is 35.5 Å². The molecule has 0 unspecified atom stereocenters. The van der Waals surface area contributed by atoms with Gasteiger partial charge < -0.3 is 0 Å². The summed E-state index contributed by atoms with van der Waals surface area (Å²) in [6, 6.07) is 9.52. The lowest BCUT2D eigenvalue weighted by molar-refractivity contribution is 0.567. The molecule has 0 saturated heterocycles. The Kier molecular flexibility index (Phi) is 2.46. The molecule has 2 aromatic rings. The Hall–Kier alpha value is -1.73. The lowest BCUT2D eigenvalue weighted by Crippen LogP contribution is -2.18. The minimum atomic E-state index is -3.84. The number of nitrogens with zero attached hydrogens (tertiary/aromatic N) is 3. The van der Waals surface area contributed by atoms with Crippen LogP contribution in [0.3, 0.4) is 0 Å². The number of hydrogen-bond donors (Lipinski definition) is 1. The van der Waals surface area contributed by atoms with Crippen LogP contribution in [-0.4, -0.2) is 23.2 Å². The number of benzene rings is 1. The molecule has 2 N–H and O–H groups in total. The third kappa shape index (κ3) is 1.91. The maximum atomic E-state index is 11.5. The third-order valence-electron chi connectivity index (χ3n) is 2.86. The van der Waals surface area contributed by atoms with Crippen LogP contribution in [-0.2, 0) is 10.0 Å². The van der Waals surface area contributed by atoms with Crippen molar-refractivity contribution >= 4 is 10.0 Å². The summed E-state index contributed by atoms with van der Waals surface area (Å²) in [5.74, 6) is 0.558. The molecule has 94 valence electrons. The van der Waals surface area contributed by atoms with E-state index in [1.54, 1.807) is 4.57 Å². The van der Waals surface area contributed by atoms with Gasteiger partial charge in [0.1, 0.15) is 0 Å². The molecule has 6 nitrogen and oxygen atoms in total. The van der Waals surface area contributed by atoms with E-state index in [9.17, 15) is 8.42 Å². The number of hydrogen-bond acceptors (Lipinski definition) is 4. The Labute approximate surface area is 105 Å². The van der Waals surface area contributed by atoms with E-state index in [0.717, 1.165) is 18.4 Å². The summed E-state index contributed by atoms with van der Waals surface area (Å²) in [6.07, 6.45) is 1.86. The van der Waals surface area contributed by atoms with Gasteiger partial charge in [-0.2, -0.15) is 0 Å². The van der Waals surface area contributed by atoms with Gasteiger partial charge in [-0.25, -0.2) is 13.6 Å². The molecule has 0 atom stereocenters. The fourth-order valence-electron chi connectivity index (χ4n) is 1.92. The van der Waals surface area contributed by atoms with Crippen molar-refractivity contribution in [3.63, 3.8) is 0 Å². The van der Waals surface area contributed by atoms with Gasteiger partial charge in [0.2, 0.25) is 0 Å². The third-order valence-corrected chi connectivity index (χ3v) is 3.65. The quantitative estimate of drug-likeness (QED) is 0.892. The van der Waals surface area contributed by atoms with E-state index in [1.807, 2.05) is 30.3 Å². The number of sulfonamides is 1. The van der Waals surface area contributed by atoms with Crippen LogP contribution in [0.1, 0.15) is 18.9 Å². The molecule has 1 aliphatic rings. The van der Waals surface area contributed by atoms with Crippen molar-refractivity contribution in [1.29, 1.82) is 0 Å². The van der Waals surface area contributed by atoms with Gasteiger partial charge in [-0.05, 0) is 12.8 Å². The first-order valence-corrected chi connectivity index (χ1v) is 7.15. The molecule has 7 heteroatoms. The summed E-state index contributed by atoms with van der Waals surface area (Å²) in [5, 5.41) is 12.7. The van der Waals surface area contributed by atoms with E-state index in [-0.39, 0.29) is 11.2 Å². The molecule has 0 bridgehead atoms. The second-order valence-corrected chi connectivity index (χ2v) is 5.77. The molecular formula is C11H12N4O2S. The zero-order valence-electron chi connectivity index (χ0n) is 9.52. The van der Waals surface area contributed by atoms with Gasteiger partial charge in [-0.1, -0.05) is 30.3 Å². The van der Waals surface area contributed by atoms with Crippen molar-refractivity contribution in [2.45, 2.75) is 24.0 Å². The highest BCUT2D eigenvalue weighted by molar-refractivity contribution is 7.89. The van der Waals surface area contributed by atoms with Gasteiger partial charge >= 0.3 is 0 Å². The molecule has 1 saturated carbocycles. The van der Waals surface area contributed by atoms with Crippen molar-refractivity contribution < 1.29 is 8.42 Å². The van der Waals surface area contributed by atoms with Crippen molar-refractivity contribution in [1.82, 2.24) is 14.8 Å². The molecule has 0 radical (unpaired) electrons. The van der Waals surface area contributed by atoms with Gasteiger partial charge in [-0.15, -0.1) is 10.2 Å². The summed E-state index contributed by atoms with van der Waals surface area (Å²) in [6.45, 7) is 0. The first-order chi connectivity index (χ1) is 8.57. The molecule has 0 aliphatic heterocycles. The van der Waals surface area contributed by atoms with Crippen molar-refractivity contribution in [2.24, 2.45) is 5.14 Å². The zero-order chi connectivity index (χ0) is 12.8. The Balaban J connectivity index is 2.20. The van der Waals surface area contributed by atoms with Crippen LogP contribution in [0.25, 0.3) is 11.4 Å². The fourth-order valence-corrected chi connectivity index (χ4v) is 2.58. The molecule has 3 rings (SSSR count). The largest absolute Gasteiger partial charge is 0.294 e. The van der Waals surface area contributed by atoms with Gasteiger partial charge in [0, 0.05) is 11.6 Å². The highest BCUT2D eigenvalue weighted by Crippen LogP contribution is 2.39. The second kappa shape index (κ2) is 3.89. The molecule has 1 aromatic heterocycles. The van der Waals surface area contributed by atoms with Crippen molar-refractivity contribution in [2.75, 3.05) is 0 Å². The number of aromatic nitrogens is 3. The number of primary sulfonamides is 1. The van der Waals surface area contributed by atoms with Crippen LogP contribution in [0.5, 0.6) is 0 Å². The van der Waals surface area contributed by atoms with Gasteiger partial charge in [-0.3, -0.25) is 4.57 Å². The molecular weight excluding hydrogens is 252 g/mol. The normalized spacial score (nSPS) is 15.8. The van der Waals surface area contributed by atoms with Gasteiger partial charge in [0.15, 0.2) is 5.82 Å². The fraction of sp³-hybridized carbons (Fsp3) is 0.273. The van der Waals surface area contributed by atoms with E-state index in [2.05, 4.69) is 10.2 Å². The van der Waals surface area contributed by atoms with Crippen molar-refractivity contribution in [3.8, 4) is 11.4 Å². The minimum absolute atomic E-state index is 0.142. The van der Waals surface area contributed by atoms with Gasteiger partial charge in [0.25, 0.3) is 15.2 Å². The molecule has 0 amide bonds. The van der Waals surface area contributed by atoms with E-state index in [1.165, 1.54) is 0 Å². The van der Waals surface area contributed by atoms with Crippen LogP contribution in [0.2, 0.25) is 0 Å². The van der Waals surface area contributed by atoms with Crippen LogP contribution >= 0.6 is 0 Å². The average molecular weight is 264 g/mol. The van der Waals surface area contributed by atoms with Crippen LogP contribution in [0.4, 0.5) is 0 Å². The number of nitrogens with two attached hydrogens (primary N) is 1. The lowest BCUT2D eigenvalue weighted by atomic mass is 10.2. The predicted molar refractivity (Wildman–Crippen MR) is 65.1 cm³/mol. The average Bonchev–Trinajstić information content (AvgIpc) is 3.07. The Morgan fingerprint density at radius 3 is 2.39 bits per heavy atom. The maximum Gasteiger partial charge on any atom is 0.273 e. The van der Waals surface area contributed by atoms with Crippen LogP contribution < -0.4 is 5.14 Å². The Morgan fingerprint density at radius 2 is 1.83 bits per heavy atom. The SMILES string of the molecule is NS(=O)(=O)c1nnc(-c2ccccc2)n1C1CC1. The first kappa shape index (κ1) is 11.4. The van der Waals surface area contributed by atoms with E-state index in [0.29, 0.717) is 5.82 Å². The molecule has 18 heavy (non-hydrogen) atoms. The van der Waals surface area contributed by atoms with Crippen LogP contribution in [0, 0.1) is 0 Å². The monoisotopic (exact) mass is 264 g/mol. The van der Waals surface area contributed by atoms with Gasteiger partial charge in [0.05, 0.1) is 0 Å². The van der Waals surface area contributed by atoms with Crippen molar-refractivity contribution in [3.05, 3.63) is 30.3 Å². The molecule has 1 fully saturated rings. The Morgan fingerprint density at radius 1 is 1.17 bits per heavy atom. The highest BCUT2D eigenvalue weighted by Gasteiger charge is 2.33. The summed E-state index contributed by atoms with van der Waals surface area (Å²) in [7, 11) is -3.84. The molecule has 1 heterocycles. The Bertz CT molecular complexity index is 674. The topological polar surface area (TPSA) is 90.9 Å². The minimum Gasteiger partial charge on any atom is -0.294 e. The molecule has 1 aliphatic carbocycles. The first-order valence-electron chi connectivity index (χ1n) is 5.60. The van der Waals surface area contributed by atoms with E-state index < -0.39 is 10.0 Å². The molecule has 1 aromatic carbocycles. The molecule has 0 spiro atoms. The summed E-state index contributed by atoms with van der Waals surface area (Å²) >= 11 is 0. The summed E-state index contributed by atoms with van der Waals surface area (Å²) in [4.78, 5) is 0. The standard InChI is InChI=1S/C11H12N4O2S/c12-18(16,17)11-14-13-10(15(11)9-6-7-9)8-4-2-1-3-5-8/h1-5,9H,6-7H2,(H2,12,16,17). The maximum absolute atomic E-state index is 11.5. The summed E-state index contributed by atoms with van der Waals surface area (Å²) < 4.78 is 24.6. The number of rotatable bonds is 3. The lowest BCUT2D eigenvalue weighted by Gasteiger charge is -2.07. The zero-order valence-corrected chi connectivity index (χ0v) is 10.3.